The minimum Gasteiger partial charge on any atom is -0.325 e. The van der Waals surface area contributed by atoms with E-state index in [0.29, 0.717) is 17.7 Å². The first-order valence-electron chi connectivity index (χ1n) is 6.19. The molecule has 8 heteroatoms. The van der Waals surface area contributed by atoms with E-state index in [4.69, 9.17) is 0 Å². The number of alkyl halides is 3. The number of nitrogens with one attached hydrogen (secondary N) is 1. The van der Waals surface area contributed by atoms with Crippen LogP contribution in [0.5, 0.6) is 0 Å². The maximum Gasteiger partial charge on any atom is 0.406 e. The lowest BCUT2D eigenvalue weighted by Crippen LogP contribution is -2.36. The van der Waals surface area contributed by atoms with E-state index in [1.165, 1.54) is 17.0 Å². The van der Waals surface area contributed by atoms with Gasteiger partial charge in [-0.15, -0.1) is 0 Å². The number of aromatic nitrogens is 1. The fourth-order valence-corrected chi connectivity index (χ4v) is 2.06. The van der Waals surface area contributed by atoms with Gasteiger partial charge in [0.15, 0.2) is 0 Å². The lowest BCUT2D eigenvalue weighted by molar-refractivity contribution is -0.141. The molecule has 1 aromatic rings. The standard InChI is InChI=1S/C12H14F3N3O2/c13-12(14,15)8-18-7-3-4-9(10(18)19)16-11(20)17-5-1-2-6-17/h3-4,7H,1-2,5-6,8H2,(H,16,20). The van der Waals surface area contributed by atoms with E-state index in [2.05, 4.69) is 5.32 Å². The van der Waals surface area contributed by atoms with Gasteiger partial charge in [0, 0.05) is 19.3 Å². The maximum atomic E-state index is 12.3. The Labute approximate surface area is 113 Å². The highest BCUT2D eigenvalue weighted by Crippen LogP contribution is 2.17. The van der Waals surface area contributed by atoms with Crippen molar-refractivity contribution in [2.24, 2.45) is 0 Å². The maximum absolute atomic E-state index is 12.3. The minimum absolute atomic E-state index is 0.145. The number of halogens is 3. The number of carbonyl (C=O) groups is 1. The van der Waals surface area contributed by atoms with Gasteiger partial charge in [-0.2, -0.15) is 13.2 Å². The minimum atomic E-state index is -4.48. The number of nitrogens with zero attached hydrogens (tertiary/aromatic N) is 2. The molecule has 0 atom stereocenters. The van der Waals surface area contributed by atoms with Crippen molar-refractivity contribution in [1.82, 2.24) is 9.47 Å². The van der Waals surface area contributed by atoms with E-state index >= 15 is 0 Å². The van der Waals surface area contributed by atoms with E-state index in [1.807, 2.05) is 0 Å². The zero-order chi connectivity index (χ0) is 14.8. The summed E-state index contributed by atoms with van der Waals surface area (Å²) in [4.78, 5) is 25.2. The van der Waals surface area contributed by atoms with E-state index in [-0.39, 0.29) is 5.69 Å². The van der Waals surface area contributed by atoms with Crippen LogP contribution in [0.4, 0.5) is 23.7 Å². The molecule has 1 fully saturated rings. The quantitative estimate of drug-likeness (QED) is 0.905. The summed E-state index contributed by atoms with van der Waals surface area (Å²) in [5, 5.41) is 2.36. The van der Waals surface area contributed by atoms with Crippen molar-refractivity contribution in [2.45, 2.75) is 25.6 Å². The summed E-state index contributed by atoms with van der Waals surface area (Å²) in [5.41, 5.74) is -1.01. The van der Waals surface area contributed by atoms with E-state index in [0.717, 1.165) is 19.0 Å². The van der Waals surface area contributed by atoms with Gasteiger partial charge >= 0.3 is 12.2 Å². The van der Waals surface area contributed by atoms with Crippen molar-refractivity contribution in [3.63, 3.8) is 0 Å². The Kier molecular flexibility index (Phi) is 4.01. The third-order valence-electron chi connectivity index (χ3n) is 3.00. The second-order valence-corrected chi connectivity index (χ2v) is 4.59. The Morgan fingerprint density at radius 2 is 1.95 bits per heavy atom. The van der Waals surface area contributed by atoms with Crippen LogP contribution in [0.2, 0.25) is 0 Å². The summed E-state index contributed by atoms with van der Waals surface area (Å²) in [6, 6.07) is 2.14. The van der Waals surface area contributed by atoms with Crippen molar-refractivity contribution in [3.05, 3.63) is 28.7 Å². The summed E-state index contributed by atoms with van der Waals surface area (Å²) in [6.07, 6.45) is -1.66. The van der Waals surface area contributed by atoms with Crippen molar-refractivity contribution >= 4 is 11.7 Å². The number of likely N-dealkylation sites (tertiary alicyclic amines) is 1. The molecular weight excluding hydrogens is 275 g/mol. The monoisotopic (exact) mass is 289 g/mol. The normalized spacial score (nSPS) is 15.4. The molecule has 2 amide bonds. The lowest BCUT2D eigenvalue weighted by atomic mass is 10.4. The molecule has 2 rings (SSSR count). The number of anilines is 1. The first kappa shape index (κ1) is 14.4. The number of hydrogen-bond acceptors (Lipinski definition) is 2. The molecule has 1 aliphatic rings. The molecule has 0 aromatic carbocycles. The van der Waals surface area contributed by atoms with Crippen LogP contribution in [0.1, 0.15) is 12.8 Å². The van der Waals surface area contributed by atoms with Crippen LogP contribution >= 0.6 is 0 Å². The van der Waals surface area contributed by atoms with Crippen molar-refractivity contribution < 1.29 is 18.0 Å². The van der Waals surface area contributed by atoms with Gasteiger partial charge in [-0.3, -0.25) is 4.79 Å². The Hall–Kier alpha value is -1.99. The van der Waals surface area contributed by atoms with E-state index in [9.17, 15) is 22.8 Å². The van der Waals surface area contributed by atoms with Crippen molar-refractivity contribution in [2.75, 3.05) is 18.4 Å². The van der Waals surface area contributed by atoms with Gasteiger partial charge in [0.05, 0.1) is 0 Å². The average molecular weight is 289 g/mol. The summed E-state index contributed by atoms with van der Waals surface area (Å²) < 4.78 is 37.4. The molecule has 1 aliphatic heterocycles. The van der Waals surface area contributed by atoms with Crippen LogP contribution < -0.4 is 10.9 Å². The molecule has 20 heavy (non-hydrogen) atoms. The molecule has 0 saturated carbocycles. The summed E-state index contributed by atoms with van der Waals surface area (Å²) in [6.45, 7) is -0.190. The molecule has 1 N–H and O–H groups in total. The largest absolute Gasteiger partial charge is 0.406 e. The molecule has 1 aromatic heterocycles. The van der Waals surface area contributed by atoms with Gasteiger partial charge < -0.3 is 14.8 Å². The average Bonchev–Trinajstić information content (AvgIpc) is 2.86. The van der Waals surface area contributed by atoms with Crippen LogP contribution in [-0.2, 0) is 6.54 Å². The Morgan fingerprint density at radius 3 is 2.55 bits per heavy atom. The molecule has 0 spiro atoms. The molecule has 0 bridgehead atoms. The zero-order valence-electron chi connectivity index (χ0n) is 10.6. The first-order valence-corrected chi connectivity index (χ1v) is 6.19. The third-order valence-corrected chi connectivity index (χ3v) is 3.00. The van der Waals surface area contributed by atoms with Gasteiger partial charge in [-0.25, -0.2) is 4.79 Å². The van der Waals surface area contributed by atoms with Crippen LogP contribution in [0, 0.1) is 0 Å². The van der Waals surface area contributed by atoms with Gasteiger partial charge in [0.25, 0.3) is 5.56 Å². The Balaban J connectivity index is 2.14. The van der Waals surface area contributed by atoms with E-state index in [1.54, 1.807) is 0 Å². The predicted molar refractivity (Wildman–Crippen MR) is 66.6 cm³/mol. The van der Waals surface area contributed by atoms with Gasteiger partial charge in [-0.1, -0.05) is 0 Å². The zero-order valence-corrected chi connectivity index (χ0v) is 10.6. The second-order valence-electron chi connectivity index (χ2n) is 4.59. The highest BCUT2D eigenvalue weighted by atomic mass is 19.4. The fraction of sp³-hybridized carbons (Fsp3) is 0.500. The smallest absolute Gasteiger partial charge is 0.325 e. The van der Waals surface area contributed by atoms with E-state index < -0.39 is 24.3 Å². The first-order chi connectivity index (χ1) is 9.37. The molecule has 0 radical (unpaired) electrons. The van der Waals surface area contributed by atoms with Crippen LogP contribution in [0.15, 0.2) is 23.1 Å². The Morgan fingerprint density at radius 1 is 1.30 bits per heavy atom. The molecule has 110 valence electrons. The second kappa shape index (κ2) is 5.56. The highest BCUT2D eigenvalue weighted by Gasteiger charge is 2.28. The highest BCUT2D eigenvalue weighted by molar-refractivity contribution is 5.89. The topological polar surface area (TPSA) is 54.3 Å². The number of urea groups is 1. The number of hydrogen-bond donors (Lipinski definition) is 1. The van der Waals surface area contributed by atoms with Crippen molar-refractivity contribution in [1.29, 1.82) is 0 Å². The van der Waals surface area contributed by atoms with Gasteiger partial charge in [-0.05, 0) is 25.0 Å². The van der Waals surface area contributed by atoms with Crippen LogP contribution in [0.3, 0.4) is 0 Å². The number of pyridine rings is 1. The Bertz CT molecular complexity index is 548. The number of amides is 2. The van der Waals surface area contributed by atoms with Crippen LogP contribution in [-0.4, -0.2) is 34.8 Å². The van der Waals surface area contributed by atoms with Gasteiger partial charge in [0.2, 0.25) is 0 Å². The fourth-order valence-electron chi connectivity index (χ4n) is 2.06. The molecule has 0 unspecified atom stereocenters. The van der Waals surface area contributed by atoms with Crippen molar-refractivity contribution in [3.8, 4) is 0 Å². The predicted octanol–water partition coefficient (Wildman–Crippen LogP) is 2.04. The SMILES string of the molecule is O=C(Nc1cccn(CC(F)(F)F)c1=O)N1CCCC1. The summed E-state index contributed by atoms with van der Waals surface area (Å²) in [7, 11) is 0. The summed E-state index contributed by atoms with van der Waals surface area (Å²) in [5.74, 6) is 0. The molecular formula is C12H14F3N3O2. The number of rotatable bonds is 2. The third kappa shape index (κ3) is 3.52. The molecule has 2 heterocycles. The molecule has 5 nitrogen and oxygen atoms in total. The summed E-state index contributed by atoms with van der Waals surface area (Å²) >= 11 is 0. The lowest BCUT2D eigenvalue weighted by Gasteiger charge is -2.16. The van der Waals surface area contributed by atoms with Gasteiger partial charge in [0.1, 0.15) is 12.2 Å². The molecule has 1 saturated heterocycles. The number of carbonyl (C=O) groups excluding carboxylic acids is 1. The molecule has 0 aliphatic carbocycles. The van der Waals surface area contributed by atoms with Crippen LogP contribution in [0.25, 0.3) is 0 Å².